The van der Waals surface area contributed by atoms with E-state index < -0.39 is 0 Å². The molecule has 0 radical (unpaired) electrons. The van der Waals surface area contributed by atoms with Crippen molar-refractivity contribution < 1.29 is 4.79 Å². The molecule has 0 unspecified atom stereocenters. The van der Waals surface area contributed by atoms with E-state index in [1.54, 1.807) is 11.3 Å². The quantitative estimate of drug-likeness (QED) is 0.516. The van der Waals surface area contributed by atoms with Crippen LogP contribution in [0.1, 0.15) is 23.2 Å². The third-order valence-electron chi connectivity index (χ3n) is 5.47. The molecule has 6 nitrogen and oxygen atoms in total. The Kier molecular flexibility index (Phi) is 5.29. The predicted octanol–water partition coefficient (Wildman–Crippen LogP) is 3.95. The molecule has 0 saturated carbocycles. The molecule has 0 atom stereocenters. The lowest BCUT2D eigenvalue weighted by atomic mass is 10.1. The van der Waals surface area contributed by atoms with Crippen LogP contribution in [-0.4, -0.2) is 51.6 Å². The van der Waals surface area contributed by atoms with Crippen LogP contribution >= 0.6 is 11.3 Å². The first-order chi connectivity index (χ1) is 14.8. The van der Waals surface area contributed by atoms with E-state index in [-0.39, 0.29) is 5.91 Å². The number of rotatable bonds is 6. The normalized spacial score (nSPS) is 14.4. The Morgan fingerprint density at radius 2 is 2.00 bits per heavy atom. The van der Waals surface area contributed by atoms with E-state index in [9.17, 15) is 4.79 Å². The van der Waals surface area contributed by atoms with Gasteiger partial charge in [-0.2, -0.15) is 5.10 Å². The molecule has 5 rings (SSSR count). The van der Waals surface area contributed by atoms with E-state index in [1.807, 2.05) is 58.6 Å². The average molecular weight is 418 g/mol. The zero-order valence-corrected chi connectivity index (χ0v) is 17.4. The van der Waals surface area contributed by atoms with Crippen molar-refractivity contribution in [1.29, 1.82) is 0 Å². The zero-order chi connectivity index (χ0) is 20.3. The van der Waals surface area contributed by atoms with Crippen LogP contribution in [0, 0.1) is 0 Å². The second-order valence-corrected chi connectivity index (χ2v) is 8.44. The summed E-state index contributed by atoms with van der Waals surface area (Å²) in [5.41, 5.74) is 4.14. The number of nitrogens with zero attached hydrogens (tertiary/aromatic N) is 4. The number of fused-ring (bicyclic) bond motifs is 1. The maximum Gasteiger partial charge on any atom is 0.251 e. The van der Waals surface area contributed by atoms with E-state index in [1.165, 1.54) is 12.8 Å². The average Bonchev–Trinajstić information content (AvgIpc) is 3.55. The molecule has 0 spiro atoms. The fourth-order valence-corrected chi connectivity index (χ4v) is 4.57. The lowest BCUT2D eigenvalue weighted by molar-refractivity contribution is 0.0950. The first kappa shape index (κ1) is 19.0. The monoisotopic (exact) mass is 417 g/mol. The lowest BCUT2D eigenvalue weighted by Crippen LogP contribution is -2.33. The number of aromatic nitrogens is 3. The van der Waals surface area contributed by atoms with Gasteiger partial charge < -0.3 is 10.2 Å². The summed E-state index contributed by atoms with van der Waals surface area (Å²) >= 11 is 1.66. The molecule has 7 heteroatoms. The maximum absolute atomic E-state index is 12.6. The van der Waals surface area contributed by atoms with E-state index in [2.05, 4.69) is 21.3 Å². The van der Waals surface area contributed by atoms with Crippen LogP contribution < -0.4 is 5.32 Å². The van der Waals surface area contributed by atoms with Crippen molar-refractivity contribution in [1.82, 2.24) is 24.8 Å². The number of amides is 1. The topological polar surface area (TPSA) is 62.5 Å². The van der Waals surface area contributed by atoms with Gasteiger partial charge in [0.1, 0.15) is 5.69 Å². The summed E-state index contributed by atoms with van der Waals surface area (Å²) in [6, 6.07) is 15.7. The summed E-state index contributed by atoms with van der Waals surface area (Å²) in [5.74, 6) is -0.0444. The number of hydrogen-bond acceptors (Lipinski definition) is 5. The molecule has 1 aliphatic heterocycles. The van der Waals surface area contributed by atoms with Crippen molar-refractivity contribution in [3.8, 4) is 21.8 Å². The Morgan fingerprint density at radius 3 is 2.83 bits per heavy atom. The van der Waals surface area contributed by atoms with Gasteiger partial charge in [-0.3, -0.25) is 4.79 Å². The van der Waals surface area contributed by atoms with Crippen LogP contribution in [0.2, 0.25) is 0 Å². The second-order valence-electron chi connectivity index (χ2n) is 7.49. The molecule has 1 saturated heterocycles. The van der Waals surface area contributed by atoms with Gasteiger partial charge in [0.15, 0.2) is 5.65 Å². The molecular formula is C23H23N5OS. The molecule has 0 bridgehead atoms. The van der Waals surface area contributed by atoms with Crippen LogP contribution in [-0.2, 0) is 0 Å². The Morgan fingerprint density at radius 1 is 1.10 bits per heavy atom. The fourth-order valence-electron chi connectivity index (χ4n) is 3.88. The molecule has 1 N–H and O–H groups in total. The highest BCUT2D eigenvalue weighted by Gasteiger charge is 2.14. The molecule has 0 aliphatic carbocycles. The zero-order valence-electron chi connectivity index (χ0n) is 16.6. The SMILES string of the molecule is O=C(NCCN1CCCC1)c1cccc(-c2cnc3ccc(-c4cccs4)nn23)c1. The first-order valence-electron chi connectivity index (χ1n) is 10.3. The van der Waals surface area contributed by atoms with Crippen molar-refractivity contribution >= 4 is 22.9 Å². The van der Waals surface area contributed by atoms with Gasteiger partial charge in [-0.1, -0.05) is 18.2 Å². The smallest absolute Gasteiger partial charge is 0.251 e. The maximum atomic E-state index is 12.6. The minimum atomic E-state index is -0.0444. The Bertz CT molecular complexity index is 1160. The number of hydrogen-bond donors (Lipinski definition) is 1. The lowest BCUT2D eigenvalue weighted by Gasteiger charge is -2.14. The molecule has 1 amide bonds. The second kappa shape index (κ2) is 8.38. The van der Waals surface area contributed by atoms with Gasteiger partial charge in [0.05, 0.1) is 16.8 Å². The van der Waals surface area contributed by atoms with Gasteiger partial charge in [0.25, 0.3) is 5.91 Å². The van der Waals surface area contributed by atoms with Gasteiger partial charge in [0, 0.05) is 24.2 Å². The Labute approximate surface area is 179 Å². The molecule has 4 aromatic rings. The van der Waals surface area contributed by atoms with E-state index in [4.69, 9.17) is 5.10 Å². The van der Waals surface area contributed by atoms with Crippen LogP contribution in [0.25, 0.3) is 27.5 Å². The molecule has 1 aromatic carbocycles. The Balaban J connectivity index is 1.37. The van der Waals surface area contributed by atoms with Crippen molar-refractivity contribution in [2.45, 2.75) is 12.8 Å². The summed E-state index contributed by atoms with van der Waals surface area (Å²) in [6.45, 7) is 3.86. The standard InChI is InChI=1S/C23H23N5OS/c29-23(24-10-13-27-11-1-2-12-27)18-6-3-5-17(15-18)20-16-25-22-9-8-19(26-28(20)22)21-7-4-14-30-21/h3-9,14-16H,1-2,10-13H2,(H,24,29). The van der Waals surface area contributed by atoms with Crippen molar-refractivity contribution in [2.75, 3.05) is 26.2 Å². The molecule has 3 aromatic heterocycles. The van der Waals surface area contributed by atoms with Gasteiger partial charge in [0.2, 0.25) is 0 Å². The highest BCUT2D eigenvalue weighted by Crippen LogP contribution is 2.26. The van der Waals surface area contributed by atoms with Gasteiger partial charge in [-0.05, 0) is 61.6 Å². The fraction of sp³-hybridized carbons (Fsp3) is 0.261. The Hall–Kier alpha value is -3.03. The minimum absolute atomic E-state index is 0.0444. The summed E-state index contributed by atoms with van der Waals surface area (Å²) in [4.78, 5) is 20.6. The third kappa shape index (κ3) is 3.86. The number of carbonyl (C=O) groups is 1. The molecule has 30 heavy (non-hydrogen) atoms. The number of imidazole rings is 1. The largest absolute Gasteiger partial charge is 0.351 e. The van der Waals surface area contributed by atoms with Crippen molar-refractivity contribution in [3.05, 3.63) is 65.7 Å². The number of likely N-dealkylation sites (tertiary alicyclic amines) is 1. The highest BCUT2D eigenvalue weighted by atomic mass is 32.1. The number of benzene rings is 1. The minimum Gasteiger partial charge on any atom is -0.351 e. The number of carbonyl (C=O) groups excluding carboxylic acids is 1. The van der Waals surface area contributed by atoms with Gasteiger partial charge >= 0.3 is 0 Å². The highest BCUT2D eigenvalue weighted by molar-refractivity contribution is 7.13. The summed E-state index contributed by atoms with van der Waals surface area (Å²) in [5, 5.41) is 9.87. The molecule has 152 valence electrons. The van der Waals surface area contributed by atoms with Crippen LogP contribution in [0.5, 0.6) is 0 Å². The third-order valence-corrected chi connectivity index (χ3v) is 6.36. The van der Waals surface area contributed by atoms with Crippen LogP contribution in [0.3, 0.4) is 0 Å². The first-order valence-corrected chi connectivity index (χ1v) is 11.2. The van der Waals surface area contributed by atoms with Gasteiger partial charge in [-0.15, -0.1) is 11.3 Å². The molecule has 1 aliphatic rings. The van der Waals surface area contributed by atoms with E-state index in [0.29, 0.717) is 12.1 Å². The van der Waals surface area contributed by atoms with E-state index >= 15 is 0 Å². The summed E-state index contributed by atoms with van der Waals surface area (Å²) in [6.07, 6.45) is 4.33. The number of nitrogens with one attached hydrogen (secondary N) is 1. The van der Waals surface area contributed by atoms with E-state index in [0.717, 1.165) is 47.1 Å². The van der Waals surface area contributed by atoms with Crippen LogP contribution in [0.4, 0.5) is 0 Å². The molecule has 1 fully saturated rings. The molecular weight excluding hydrogens is 394 g/mol. The summed E-state index contributed by atoms with van der Waals surface area (Å²) < 4.78 is 1.85. The summed E-state index contributed by atoms with van der Waals surface area (Å²) in [7, 11) is 0. The van der Waals surface area contributed by atoms with Crippen LogP contribution in [0.15, 0.2) is 60.1 Å². The van der Waals surface area contributed by atoms with Crippen molar-refractivity contribution in [2.24, 2.45) is 0 Å². The number of thiophene rings is 1. The van der Waals surface area contributed by atoms with Gasteiger partial charge in [-0.25, -0.2) is 9.50 Å². The molecule has 4 heterocycles. The van der Waals surface area contributed by atoms with Crippen molar-refractivity contribution in [3.63, 3.8) is 0 Å². The predicted molar refractivity (Wildman–Crippen MR) is 120 cm³/mol.